The lowest BCUT2D eigenvalue weighted by molar-refractivity contribution is 0.0696. The van der Waals surface area contributed by atoms with Gasteiger partial charge < -0.3 is 10.0 Å². The molecule has 1 N–H and O–H groups in total. The summed E-state index contributed by atoms with van der Waals surface area (Å²) >= 11 is 0. The van der Waals surface area contributed by atoms with Gasteiger partial charge in [0.15, 0.2) is 0 Å². The molecule has 0 spiro atoms. The summed E-state index contributed by atoms with van der Waals surface area (Å²) in [7, 11) is 1.88. The lowest BCUT2D eigenvalue weighted by Crippen LogP contribution is -2.17. The molecule has 0 atom stereocenters. The first-order chi connectivity index (χ1) is 10.0. The van der Waals surface area contributed by atoms with E-state index in [0.29, 0.717) is 12.1 Å². The minimum absolute atomic E-state index is 0.0359. The van der Waals surface area contributed by atoms with E-state index in [1.54, 1.807) is 0 Å². The highest BCUT2D eigenvalue weighted by Gasteiger charge is 2.10. The first kappa shape index (κ1) is 15.0. The molecule has 0 aromatic heterocycles. The van der Waals surface area contributed by atoms with E-state index >= 15 is 0 Å². The molecular weight excluding hydrogens is 269 g/mol. The van der Waals surface area contributed by atoms with Crippen molar-refractivity contribution in [1.29, 1.82) is 0 Å². The van der Waals surface area contributed by atoms with Gasteiger partial charge in [-0.25, -0.2) is 9.18 Å². The van der Waals surface area contributed by atoms with Crippen LogP contribution in [0.25, 0.3) is 0 Å². The number of halogens is 1. The standard InChI is InChI=1S/C17H18FNO2/c1-3-12-4-8-15(9-5-12)19(2)11-14-7-6-13(17(20)21)10-16(14)18/h4-10H,3,11H2,1-2H3,(H,20,21). The molecular formula is C17H18FNO2. The summed E-state index contributed by atoms with van der Waals surface area (Å²) in [5.41, 5.74) is 2.69. The summed E-state index contributed by atoms with van der Waals surface area (Å²) in [6.45, 7) is 2.48. The monoisotopic (exact) mass is 287 g/mol. The predicted octanol–water partition coefficient (Wildman–Crippen LogP) is 3.72. The number of rotatable bonds is 5. The summed E-state index contributed by atoms with van der Waals surface area (Å²) in [4.78, 5) is 12.7. The molecule has 0 fully saturated rings. The smallest absolute Gasteiger partial charge is 0.335 e. The molecule has 0 unspecified atom stereocenters. The molecule has 0 heterocycles. The Labute approximate surface area is 123 Å². The second kappa shape index (κ2) is 6.39. The number of aryl methyl sites for hydroxylation is 1. The number of hydrogen-bond acceptors (Lipinski definition) is 2. The third kappa shape index (κ3) is 3.60. The Morgan fingerprint density at radius 2 is 1.86 bits per heavy atom. The van der Waals surface area contributed by atoms with E-state index in [4.69, 9.17) is 5.11 Å². The van der Waals surface area contributed by atoms with Crippen LogP contribution in [0.2, 0.25) is 0 Å². The SMILES string of the molecule is CCc1ccc(N(C)Cc2ccc(C(=O)O)cc2F)cc1. The number of hydrogen-bond donors (Lipinski definition) is 1. The van der Waals surface area contributed by atoms with Crippen molar-refractivity contribution >= 4 is 11.7 Å². The highest BCUT2D eigenvalue weighted by atomic mass is 19.1. The van der Waals surface area contributed by atoms with Gasteiger partial charge in [-0.05, 0) is 36.2 Å². The van der Waals surface area contributed by atoms with E-state index in [1.807, 2.05) is 24.1 Å². The highest BCUT2D eigenvalue weighted by molar-refractivity contribution is 5.87. The van der Waals surface area contributed by atoms with Crippen LogP contribution in [0.15, 0.2) is 42.5 Å². The highest BCUT2D eigenvalue weighted by Crippen LogP contribution is 2.19. The minimum atomic E-state index is -1.12. The van der Waals surface area contributed by atoms with Gasteiger partial charge in [0.1, 0.15) is 5.82 Å². The fraction of sp³-hybridized carbons (Fsp3) is 0.235. The maximum absolute atomic E-state index is 13.9. The van der Waals surface area contributed by atoms with Crippen LogP contribution >= 0.6 is 0 Å². The van der Waals surface area contributed by atoms with Crippen molar-refractivity contribution in [3.8, 4) is 0 Å². The number of nitrogens with zero attached hydrogens (tertiary/aromatic N) is 1. The first-order valence-electron chi connectivity index (χ1n) is 6.83. The van der Waals surface area contributed by atoms with Crippen LogP contribution in [0.3, 0.4) is 0 Å². The van der Waals surface area contributed by atoms with E-state index in [9.17, 15) is 9.18 Å². The zero-order valence-electron chi connectivity index (χ0n) is 12.1. The van der Waals surface area contributed by atoms with Gasteiger partial charge >= 0.3 is 5.97 Å². The van der Waals surface area contributed by atoms with Gasteiger partial charge in [0.05, 0.1) is 5.56 Å². The third-order valence-corrected chi connectivity index (χ3v) is 3.49. The molecule has 2 aromatic carbocycles. The molecule has 2 aromatic rings. The second-order valence-electron chi connectivity index (χ2n) is 4.99. The van der Waals surface area contributed by atoms with E-state index < -0.39 is 11.8 Å². The van der Waals surface area contributed by atoms with E-state index in [-0.39, 0.29) is 5.56 Å². The maximum atomic E-state index is 13.9. The molecule has 21 heavy (non-hydrogen) atoms. The van der Waals surface area contributed by atoms with Gasteiger partial charge in [0.2, 0.25) is 0 Å². The summed E-state index contributed by atoms with van der Waals surface area (Å²) in [6, 6.07) is 12.1. The van der Waals surface area contributed by atoms with E-state index in [2.05, 4.69) is 19.1 Å². The minimum Gasteiger partial charge on any atom is -0.478 e. The Kier molecular flexibility index (Phi) is 4.58. The summed E-state index contributed by atoms with van der Waals surface area (Å²) in [6.07, 6.45) is 0.981. The Morgan fingerprint density at radius 1 is 1.19 bits per heavy atom. The fourth-order valence-corrected chi connectivity index (χ4v) is 2.14. The van der Waals surface area contributed by atoms with Crippen LogP contribution in [0.5, 0.6) is 0 Å². The largest absolute Gasteiger partial charge is 0.478 e. The van der Waals surface area contributed by atoms with Gasteiger partial charge in [-0.15, -0.1) is 0 Å². The Bertz CT molecular complexity index is 638. The average Bonchev–Trinajstić information content (AvgIpc) is 2.49. The van der Waals surface area contributed by atoms with Crippen molar-refractivity contribution < 1.29 is 14.3 Å². The van der Waals surface area contributed by atoms with Crippen LogP contribution < -0.4 is 4.90 Å². The zero-order chi connectivity index (χ0) is 15.4. The molecule has 0 saturated carbocycles. The van der Waals surface area contributed by atoms with Crippen molar-refractivity contribution in [2.24, 2.45) is 0 Å². The van der Waals surface area contributed by atoms with Crippen molar-refractivity contribution in [2.45, 2.75) is 19.9 Å². The van der Waals surface area contributed by atoms with Gasteiger partial charge in [-0.3, -0.25) is 0 Å². The summed E-state index contributed by atoms with van der Waals surface area (Å²) in [5.74, 6) is -1.61. The average molecular weight is 287 g/mol. The normalized spacial score (nSPS) is 10.4. The van der Waals surface area contributed by atoms with Gasteiger partial charge in [0.25, 0.3) is 0 Å². The number of benzene rings is 2. The molecule has 0 amide bonds. The van der Waals surface area contributed by atoms with Crippen molar-refractivity contribution in [3.05, 3.63) is 65.0 Å². The van der Waals surface area contributed by atoms with E-state index in [0.717, 1.165) is 18.2 Å². The number of anilines is 1. The number of carboxylic acids is 1. The lowest BCUT2D eigenvalue weighted by atomic mass is 10.1. The molecule has 0 aliphatic rings. The van der Waals surface area contributed by atoms with Crippen LogP contribution in [-0.4, -0.2) is 18.1 Å². The Morgan fingerprint density at radius 3 is 2.38 bits per heavy atom. The molecule has 0 radical (unpaired) electrons. The number of carboxylic acid groups (broad SMARTS) is 1. The lowest BCUT2D eigenvalue weighted by Gasteiger charge is -2.20. The summed E-state index contributed by atoms with van der Waals surface area (Å²) < 4.78 is 13.9. The maximum Gasteiger partial charge on any atom is 0.335 e. The molecule has 0 bridgehead atoms. The fourth-order valence-electron chi connectivity index (χ4n) is 2.14. The molecule has 0 aliphatic heterocycles. The van der Waals surface area contributed by atoms with Gasteiger partial charge in [0, 0.05) is 24.8 Å². The Balaban J connectivity index is 2.14. The van der Waals surface area contributed by atoms with E-state index in [1.165, 1.54) is 17.7 Å². The molecule has 4 heteroatoms. The quantitative estimate of drug-likeness (QED) is 0.911. The van der Waals surface area contributed by atoms with Crippen molar-refractivity contribution in [3.63, 3.8) is 0 Å². The van der Waals surface area contributed by atoms with Crippen LogP contribution in [0.1, 0.15) is 28.4 Å². The van der Waals surface area contributed by atoms with Crippen molar-refractivity contribution in [1.82, 2.24) is 0 Å². The third-order valence-electron chi connectivity index (χ3n) is 3.49. The number of carbonyl (C=O) groups is 1. The molecule has 0 saturated heterocycles. The molecule has 2 rings (SSSR count). The second-order valence-corrected chi connectivity index (χ2v) is 4.99. The van der Waals surface area contributed by atoms with Crippen LogP contribution in [0, 0.1) is 5.82 Å². The molecule has 3 nitrogen and oxygen atoms in total. The predicted molar refractivity (Wildman–Crippen MR) is 81.3 cm³/mol. The zero-order valence-corrected chi connectivity index (χ0v) is 12.1. The first-order valence-corrected chi connectivity index (χ1v) is 6.83. The van der Waals surface area contributed by atoms with Crippen LogP contribution in [0.4, 0.5) is 10.1 Å². The molecule has 110 valence electrons. The molecule has 0 aliphatic carbocycles. The van der Waals surface area contributed by atoms with Gasteiger partial charge in [-0.2, -0.15) is 0 Å². The van der Waals surface area contributed by atoms with Crippen molar-refractivity contribution in [2.75, 3.05) is 11.9 Å². The van der Waals surface area contributed by atoms with Crippen LogP contribution in [-0.2, 0) is 13.0 Å². The summed E-state index contributed by atoms with van der Waals surface area (Å²) in [5, 5.41) is 8.83. The Hall–Kier alpha value is -2.36. The topological polar surface area (TPSA) is 40.5 Å². The van der Waals surface area contributed by atoms with Gasteiger partial charge in [-0.1, -0.05) is 25.1 Å². The number of aromatic carboxylic acids is 1.